The molecule has 7 heteroatoms. The molecule has 0 bridgehead atoms. The van der Waals surface area contributed by atoms with Crippen LogP contribution in [0, 0.1) is 0 Å². The first-order valence-electron chi connectivity index (χ1n) is 6.66. The second-order valence-corrected chi connectivity index (χ2v) is 6.77. The van der Waals surface area contributed by atoms with Gasteiger partial charge in [-0.2, -0.15) is 0 Å². The second-order valence-electron chi connectivity index (χ2n) is 5.20. The molecule has 1 fully saturated rings. The highest BCUT2D eigenvalue weighted by Crippen LogP contribution is 2.37. The number of nitrogens with zero attached hydrogens (tertiary/aromatic N) is 1. The summed E-state index contributed by atoms with van der Waals surface area (Å²) in [5.74, 6) is 0.808. The third kappa shape index (κ3) is 3.03. The van der Waals surface area contributed by atoms with Crippen LogP contribution in [0.25, 0.3) is 0 Å². The van der Waals surface area contributed by atoms with Crippen molar-refractivity contribution in [1.82, 2.24) is 0 Å². The lowest BCUT2D eigenvalue weighted by molar-refractivity contribution is 0.501. The summed E-state index contributed by atoms with van der Waals surface area (Å²) in [7, 11) is -3.75. The van der Waals surface area contributed by atoms with Crippen molar-refractivity contribution in [1.29, 1.82) is 0 Å². The summed E-state index contributed by atoms with van der Waals surface area (Å²) in [6.07, 6.45) is 3.73. The smallest absolute Gasteiger partial charge is 0.238 e. The van der Waals surface area contributed by atoms with Gasteiger partial charge >= 0.3 is 0 Å². The van der Waals surface area contributed by atoms with Gasteiger partial charge in [0.1, 0.15) is 5.76 Å². The molecule has 0 spiro atoms. The summed E-state index contributed by atoms with van der Waals surface area (Å²) in [6.45, 7) is 0.552. The maximum Gasteiger partial charge on any atom is 0.238 e. The van der Waals surface area contributed by atoms with Crippen molar-refractivity contribution in [2.45, 2.75) is 30.3 Å². The average molecular weight is 307 g/mol. The Bertz CT molecular complexity index is 737. The molecule has 1 aromatic heterocycles. The number of benzene rings is 1. The van der Waals surface area contributed by atoms with Crippen molar-refractivity contribution in [3.8, 4) is 0 Å². The molecule has 6 nitrogen and oxygen atoms in total. The van der Waals surface area contributed by atoms with Crippen molar-refractivity contribution in [3.63, 3.8) is 0 Å². The molecule has 0 atom stereocenters. The highest BCUT2D eigenvalue weighted by molar-refractivity contribution is 7.89. The third-order valence-electron chi connectivity index (χ3n) is 3.53. The van der Waals surface area contributed by atoms with E-state index in [9.17, 15) is 8.42 Å². The fourth-order valence-corrected chi connectivity index (χ4v) is 2.85. The Hall–Kier alpha value is -1.99. The van der Waals surface area contributed by atoms with Gasteiger partial charge in [-0.3, -0.25) is 0 Å². The summed E-state index contributed by atoms with van der Waals surface area (Å²) in [5.41, 5.74) is 7.23. The number of hydrogen-bond donors (Lipinski definition) is 2. The molecule has 4 N–H and O–H groups in total. The fourth-order valence-electron chi connectivity index (χ4n) is 2.32. The molecule has 0 amide bonds. The molecule has 2 aromatic rings. The number of rotatable bonds is 5. The van der Waals surface area contributed by atoms with Crippen LogP contribution in [0.4, 0.5) is 11.4 Å². The van der Waals surface area contributed by atoms with E-state index >= 15 is 0 Å². The third-order valence-corrected chi connectivity index (χ3v) is 4.44. The van der Waals surface area contributed by atoms with Crippen LogP contribution in [-0.2, 0) is 16.6 Å². The minimum atomic E-state index is -3.75. The molecule has 0 saturated heterocycles. The quantitative estimate of drug-likeness (QED) is 0.818. The Morgan fingerprint density at radius 1 is 1.29 bits per heavy atom. The van der Waals surface area contributed by atoms with Crippen molar-refractivity contribution < 1.29 is 12.8 Å². The predicted molar refractivity (Wildman–Crippen MR) is 80.1 cm³/mol. The van der Waals surface area contributed by atoms with Gasteiger partial charge in [-0.15, -0.1) is 0 Å². The van der Waals surface area contributed by atoms with E-state index in [0.717, 1.165) is 18.6 Å². The van der Waals surface area contributed by atoms with Crippen LogP contribution >= 0.6 is 0 Å². The van der Waals surface area contributed by atoms with Gasteiger partial charge in [0.05, 0.1) is 29.1 Å². The Labute approximate surface area is 123 Å². The van der Waals surface area contributed by atoms with Crippen molar-refractivity contribution in [3.05, 3.63) is 42.4 Å². The molecular formula is C14H17N3O3S. The van der Waals surface area contributed by atoms with Crippen LogP contribution in [0.2, 0.25) is 0 Å². The van der Waals surface area contributed by atoms with Gasteiger partial charge in [0.2, 0.25) is 10.0 Å². The average Bonchev–Trinajstić information content (AvgIpc) is 3.13. The number of anilines is 2. The molecule has 112 valence electrons. The zero-order valence-electron chi connectivity index (χ0n) is 11.4. The van der Waals surface area contributed by atoms with Gasteiger partial charge in [0.15, 0.2) is 0 Å². The van der Waals surface area contributed by atoms with E-state index in [1.165, 1.54) is 12.1 Å². The maximum atomic E-state index is 11.5. The normalized spacial score (nSPS) is 15.1. The summed E-state index contributed by atoms with van der Waals surface area (Å²) >= 11 is 0. The van der Waals surface area contributed by atoms with Gasteiger partial charge in [-0.25, -0.2) is 13.6 Å². The van der Waals surface area contributed by atoms with E-state index in [2.05, 4.69) is 4.90 Å². The van der Waals surface area contributed by atoms with Crippen molar-refractivity contribution in [2.75, 3.05) is 10.6 Å². The Morgan fingerprint density at radius 3 is 2.62 bits per heavy atom. The Morgan fingerprint density at radius 2 is 2.05 bits per heavy atom. The van der Waals surface area contributed by atoms with Gasteiger partial charge in [-0.05, 0) is 43.2 Å². The number of furan rings is 1. The number of nitrogens with two attached hydrogens (primary N) is 2. The highest BCUT2D eigenvalue weighted by Gasteiger charge is 2.31. The molecule has 1 aliphatic rings. The lowest BCUT2D eigenvalue weighted by atomic mass is 10.2. The van der Waals surface area contributed by atoms with Crippen molar-refractivity contribution in [2.24, 2.45) is 5.14 Å². The van der Waals surface area contributed by atoms with E-state index in [1.807, 2.05) is 12.1 Å². The number of nitrogen functional groups attached to an aromatic ring is 1. The van der Waals surface area contributed by atoms with Gasteiger partial charge in [0.25, 0.3) is 0 Å². The second kappa shape index (κ2) is 5.09. The fraction of sp³-hybridized carbons (Fsp3) is 0.286. The minimum absolute atomic E-state index is 0.0665. The highest BCUT2D eigenvalue weighted by atomic mass is 32.2. The van der Waals surface area contributed by atoms with Crippen LogP contribution in [0.3, 0.4) is 0 Å². The first-order valence-corrected chi connectivity index (χ1v) is 8.21. The van der Waals surface area contributed by atoms with Crippen LogP contribution in [0.1, 0.15) is 18.6 Å². The minimum Gasteiger partial charge on any atom is -0.467 e. The van der Waals surface area contributed by atoms with Crippen LogP contribution in [-0.4, -0.2) is 14.5 Å². The van der Waals surface area contributed by atoms with E-state index < -0.39 is 10.0 Å². The largest absolute Gasteiger partial charge is 0.467 e. The Balaban J connectivity index is 1.99. The lowest BCUT2D eigenvalue weighted by Crippen LogP contribution is -2.26. The summed E-state index contributed by atoms with van der Waals surface area (Å²) < 4.78 is 28.4. The predicted octanol–water partition coefficient (Wildman–Crippen LogP) is 1.68. The topological polar surface area (TPSA) is 103 Å². The molecule has 1 heterocycles. The van der Waals surface area contributed by atoms with E-state index in [1.54, 1.807) is 12.3 Å². The van der Waals surface area contributed by atoms with E-state index in [0.29, 0.717) is 24.0 Å². The lowest BCUT2D eigenvalue weighted by Gasteiger charge is -2.25. The molecule has 1 saturated carbocycles. The number of primary sulfonamides is 1. The van der Waals surface area contributed by atoms with Gasteiger partial charge < -0.3 is 15.1 Å². The summed E-state index contributed by atoms with van der Waals surface area (Å²) in [4.78, 5) is 2.14. The monoisotopic (exact) mass is 307 g/mol. The standard InChI is InChI=1S/C14H17N3O3S/c15-13-6-5-12(21(16,18)19)8-14(13)17(10-3-4-10)9-11-2-1-7-20-11/h1-2,5-8,10H,3-4,9,15H2,(H2,16,18,19). The van der Waals surface area contributed by atoms with Gasteiger partial charge in [0, 0.05) is 6.04 Å². The van der Waals surface area contributed by atoms with Crippen LogP contribution in [0.5, 0.6) is 0 Å². The molecule has 3 rings (SSSR count). The molecule has 0 aliphatic heterocycles. The summed E-state index contributed by atoms with van der Waals surface area (Å²) in [5, 5.41) is 5.20. The maximum absolute atomic E-state index is 11.5. The molecular weight excluding hydrogens is 290 g/mol. The zero-order valence-corrected chi connectivity index (χ0v) is 12.2. The van der Waals surface area contributed by atoms with Crippen LogP contribution in [0.15, 0.2) is 45.9 Å². The number of hydrogen-bond acceptors (Lipinski definition) is 5. The number of sulfonamides is 1. The van der Waals surface area contributed by atoms with E-state index in [-0.39, 0.29) is 4.90 Å². The van der Waals surface area contributed by atoms with Crippen LogP contribution < -0.4 is 15.8 Å². The van der Waals surface area contributed by atoms with Gasteiger partial charge in [-0.1, -0.05) is 0 Å². The SMILES string of the molecule is Nc1ccc(S(N)(=O)=O)cc1N(Cc1ccco1)C1CC1. The van der Waals surface area contributed by atoms with E-state index in [4.69, 9.17) is 15.3 Å². The summed E-state index contributed by atoms with van der Waals surface area (Å²) in [6, 6.07) is 8.60. The molecule has 0 radical (unpaired) electrons. The first kappa shape index (κ1) is 14.0. The zero-order chi connectivity index (χ0) is 15.0. The molecule has 0 unspecified atom stereocenters. The Kier molecular flexibility index (Phi) is 3.38. The molecule has 21 heavy (non-hydrogen) atoms. The molecule has 1 aromatic carbocycles. The molecule has 1 aliphatic carbocycles. The van der Waals surface area contributed by atoms with Crippen molar-refractivity contribution >= 4 is 21.4 Å². The first-order chi connectivity index (χ1) is 9.95.